The van der Waals surface area contributed by atoms with Gasteiger partial charge in [-0.05, 0) is 37.3 Å². The van der Waals surface area contributed by atoms with Crippen molar-refractivity contribution in [1.29, 1.82) is 5.26 Å². The Balaban J connectivity index is 1.77. The van der Waals surface area contributed by atoms with E-state index in [1.54, 1.807) is 19.9 Å². The summed E-state index contributed by atoms with van der Waals surface area (Å²) in [6, 6.07) is 4.87. The summed E-state index contributed by atoms with van der Waals surface area (Å²) in [6.45, 7) is 2.59. The number of halogens is 4. The maximum Gasteiger partial charge on any atom is 0.313 e. The Bertz CT molecular complexity index is 1470. The molecule has 1 saturated heterocycles. The number of rotatable bonds is 12. The molecule has 1 heterocycles. The van der Waals surface area contributed by atoms with Crippen LogP contribution in [-0.4, -0.2) is 54.6 Å². The molecule has 44 heavy (non-hydrogen) atoms. The molecule has 3 atom stereocenters. The number of nitriles is 1. The van der Waals surface area contributed by atoms with Crippen LogP contribution >= 0.6 is 0 Å². The SMILES string of the molecule is CC(C)C[C@H](NC(=O)C(=O)Nc1ccccc1C#N)C(=O)N[C@@H](C[C@@H]1CCNC1=O)C(=O)COc1c(F)c(F)cc(F)c1F. The minimum Gasteiger partial charge on any atom is -0.479 e. The Labute approximate surface area is 249 Å². The van der Waals surface area contributed by atoms with Crippen molar-refractivity contribution < 1.29 is 46.3 Å². The first kappa shape index (κ1) is 33.5. The molecule has 0 bridgehead atoms. The summed E-state index contributed by atoms with van der Waals surface area (Å²) in [4.78, 5) is 63.9. The van der Waals surface area contributed by atoms with Crippen molar-refractivity contribution in [3.05, 3.63) is 59.2 Å². The number of amides is 4. The number of nitrogens with zero attached hydrogens (tertiary/aromatic N) is 1. The maximum absolute atomic E-state index is 14.0. The number of Topliss-reactive ketones (excluding diaryl/α,β-unsaturated/α-hetero) is 1. The summed E-state index contributed by atoms with van der Waals surface area (Å²) in [6.07, 6.45) is 0.0319. The van der Waals surface area contributed by atoms with E-state index in [1.165, 1.54) is 18.2 Å². The van der Waals surface area contributed by atoms with E-state index < -0.39 is 83.0 Å². The Kier molecular flexibility index (Phi) is 11.4. The van der Waals surface area contributed by atoms with Crippen LogP contribution in [0.15, 0.2) is 30.3 Å². The Morgan fingerprint density at radius 1 is 1.02 bits per heavy atom. The number of nitrogens with one attached hydrogen (secondary N) is 4. The molecular weight excluding hydrogens is 590 g/mol. The van der Waals surface area contributed by atoms with E-state index in [-0.39, 0.29) is 36.1 Å². The molecule has 0 saturated carbocycles. The van der Waals surface area contributed by atoms with Crippen LogP contribution in [0.1, 0.15) is 38.7 Å². The molecule has 4 amide bonds. The van der Waals surface area contributed by atoms with E-state index in [0.717, 1.165) is 0 Å². The molecule has 0 aromatic heterocycles. The van der Waals surface area contributed by atoms with Crippen LogP contribution < -0.4 is 26.0 Å². The number of ether oxygens (including phenoxy) is 1. The fourth-order valence-corrected chi connectivity index (χ4v) is 4.41. The monoisotopic (exact) mass is 619 g/mol. The highest BCUT2D eigenvalue weighted by Crippen LogP contribution is 2.27. The van der Waals surface area contributed by atoms with Gasteiger partial charge in [-0.15, -0.1) is 0 Å². The van der Waals surface area contributed by atoms with Gasteiger partial charge in [-0.3, -0.25) is 24.0 Å². The molecular formula is C29H29F4N5O6. The first-order valence-electron chi connectivity index (χ1n) is 13.5. The molecule has 11 nitrogen and oxygen atoms in total. The molecule has 15 heteroatoms. The van der Waals surface area contributed by atoms with Gasteiger partial charge in [-0.2, -0.15) is 14.0 Å². The fourth-order valence-electron chi connectivity index (χ4n) is 4.41. The topological polar surface area (TPSA) is 166 Å². The van der Waals surface area contributed by atoms with Crippen LogP contribution in [-0.2, 0) is 24.0 Å². The van der Waals surface area contributed by atoms with Gasteiger partial charge in [-0.25, -0.2) is 8.78 Å². The van der Waals surface area contributed by atoms with Crippen LogP contribution in [0.3, 0.4) is 0 Å². The highest BCUT2D eigenvalue weighted by molar-refractivity contribution is 6.40. The summed E-state index contributed by atoms with van der Waals surface area (Å²) in [5.41, 5.74) is 0.150. The third-order valence-corrected chi connectivity index (χ3v) is 6.65. The van der Waals surface area contributed by atoms with Crippen molar-refractivity contribution in [3.63, 3.8) is 0 Å². The fraction of sp³-hybridized carbons (Fsp3) is 0.379. The van der Waals surface area contributed by atoms with Gasteiger partial charge in [0.15, 0.2) is 23.2 Å². The van der Waals surface area contributed by atoms with Crippen molar-refractivity contribution in [2.75, 3.05) is 18.5 Å². The van der Waals surface area contributed by atoms with E-state index >= 15 is 0 Å². The van der Waals surface area contributed by atoms with Gasteiger partial charge in [0.1, 0.15) is 18.7 Å². The summed E-state index contributed by atoms with van der Waals surface area (Å²) in [7, 11) is 0. The number of para-hydroxylation sites is 1. The zero-order valence-electron chi connectivity index (χ0n) is 23.6. The van der Waals surface area contributed by atoms with Gasteiger partial charge < -0.3 is 26.0 Å². The second-order valence-corrected chi connectivity index (χ2v) is 10.4. The average molecular weight is 620 g/mol. The second-order valence-electron chi connectivity index (χ2n) is 10.4. The normalized spacial score (nSPS) is 15.5. The molecule has 4 N–H and O–H groups in total. The third-order valence-electron chi connectivity index (χ3n) is 6.65. The lowest BCUT2D eigenvalue weighted by molar-refractivity contribution is -0.138. The lowest BCUT2D eigenvalue weighted by atomic mass is 9.95. The minimum atomic E-state index is -1.87. The van der Waals surface area contributed by atoms with E-state index in [1.807, 2.05) is 6.07 Å². The number of carbonyl (C=O) groups is 5. The number of anilines is 1. The number of benzene rings is 2. The zero-order valence-corrected chi connectivity index (χ0v) is 23.6. The first-order valence-corrected chi connectivity index (χ1v) is 13.5. The Morgan fingerprint density at radius 3 is 2.27 bits per heavy atom. The quantitative estimate of drug-likeness (QED) is 0.161. The molecule has 0 radical (unpaired) electrons. The van der Waals surface area contributed by atoms with Crippen molar-refractivity contribution >= 4 is 35.1 Å². The molecule has 234 valence electrons. The van der Waals surface area contributed by atoms with Crippen molar-refractivity contribution in [2.45, 2.75) is 45.2 Å². The second kappa shape index (κ2) is 14.9. The van der Waals surface area contributed by atoms with E-state index in [2.05, 4.69) is 21.3 Å². The number of carbonyl (C=O) groups excluding carboxylic acids is 5. The van der Waals surface area contributed by atoms with Crippen LogP contribution in [0.5, 0.6) is 5.75 Å². The summed E-state index contributed by atoms with van der Waals surface area (Å²) in [5, 5.41) is 18.7. The predicted octanol–water partition coefficient (Wildman–Crippen LogP) is 2.24. The molecule has 1 aliphatic rings. The molecule has 0 unspecified atom stereocenters. The molecule has 0 spiro atoms. The van der Waals surface area contributed by atoms with Gasteiger partial charge in [-0.1, -0.05) is 26.0 Å². The molecule has 1 aliphatic heterocycles. The molecule has 3 rings (SSSR count). The number of hydrogen-bond donors (Lipinski definition) is 4. The van der Waals surface area contributed by atoms with Gasteiger partial charge in [0.2, 0.25) is 23.4 Å². The van der Waals surface area contributed by atoms with Gasteiger partial charge in [0.05, 0.1) is 17.3 Å². The van der Waals surface area contributed by atoms with Crippen LogP contribution in [0.25, 0.3) is 0 Å². The van der Waals surface area contributed by atoms with Crippen LogP contribution in [0.4, 0.5) is 23.2 Å². The molecule has 1 fully saturated rings. The smallest absolute Gasteiger partial charge is 0.313 e. The first-order chi connectivity index (χ1) is 20.8. The lowest BCUT2D eigenvalue weighted by Gasteiger charge is -2.25. The number of hydrogen-bond acceptors (Lipinski definition) is 7. The molecule has 2 aromatic carbocycles. The van der Waals surface area contributed by atoms with E-state index in [9.17, 15) is 46.8 Å². The molecule has 0 aliphatic carbocycles. The summed E-state index contributed by atoms with van der Waals surface area (Å²) < 4.78 is 60.0. The van der Waals surface area contributed by atoms with Crippen molar-refractivity contribution in [1.82, 2.24) is 16.0 Å². The highest BCUT2D eigenvalue weighted by atomic mass is 19.2. The highest BCUT2D eigenvalue weighted by Gasteiger charge is 2.34. The molecule has 2 aromatic rings. The zero-order chi connectivity index (χ0) is 32.6. The third kappa shape index (κ3) is 8.52. The van der Waals surface area contributed by atoms with Gasteiger partial charge in [0, 0.05) is 18.5 Å². The van der Waals surface area contributed by atoms with Crippen molar-refractivity contribution in [2.24, 2.45) is 11.8 Å². The van der Waals surface area contributed by atoms with E-state index in [4.69, 9.17) is 4.74 Å². The largest absolute Gasteiger partial charge is 0.479 e. The Hall–Kier alpha value is -5.00. The lowest BCUT2D eigenvalue weighted by Crippen LogP contribution is -2.54. The van der Waals surface area contributed by atoms with Crippen molar-refractivity contribution in [3.8, 4) is 11.8 Å². The summed E-state index contributed by atoms with van der Waals surface area (Å²) in [5.74, 6) is -14.4. The van der Waals surface area contributed by atoms with E-state index in [0.29, 0.717) is 13.0 Å². The summed E-state index contributed by atoms with van der Waals surface area (Å²) >= 11 is 0. The van der Waals surface area contributed by atoms with Gasteiger partial charge >= 0.3 is 11.8 Å². The van der Waals surface area contributed by atoms with Crippen LogP contribution in [0, 0.1) is 46.4 Å². The predicted molar refractivity (Wildman–Crippen MR) is 146 cm³/mol. The maximum atomic E-state index is 14.0. The Morgan fingerprint density at radius 2 is 1.68 bits per heavy atom. The van der Waals surface area contributed by atoms with Gasteiger partial charge in [0.25, 0.3) is 0 Å². The minimum absolute atomic E-state index is 0.0000470. The standard InChI is InChI=1S/C29H29F4N5O6/c1-14(2)9-21(38-29(43)28(42)36-19-6-4-3-5-16(19)12-34)27(41)37-20(10-15-7-8-35-26(15)40)22(39)13-44-25-23(32)17(30)11-18(31)24(25)33/h3-6,11,14-15,20-21H,7-10,13H2,1-2H3,(H,35,40)(H,36,42)(H,37,41)(H,38,43)/t15-,20-,21-/m0/s1. The number of ketones is 1. The van der Waals surface area contributed by atoms with Crippen LogP contribution in [0.2, 0.25) is 0 Å². The average Bonchev–Trinajstić information content (AvgIpc) is 3.38.